The number of ether oxygens (including phenoxy) is 2. The molecule has 4 rings (SSSR count). The molecule has 3 aromatic carbocycles. The minimum atomic E-state index is -0.545. The van der Waals surface area contributed by atoms with Crippen molar-refractivity contribution in [2.45, 2.75) is 6.92 Å². The second-order valence-electron chi connectivity index (χ2n) is 8.51. The van der Waals surface area contributed by atoms with Crippen molar-refractivity contribution in [3.05, 3.63) is 78.6 Å². The van der Waals surface area contributed by atoms with Gasteiger partial charge in [-0.1, -0.05) is 30.3 Å². The van der Waals surface area contributed by atoms with E-state index in [0.717, 1.165) is 11.3 Å². The highest BCUT2D eigenvalue weighted by atomic mass is 19.1. The average Bonchev–Trinajstić information content (AvgIpc) is 3.23. The number of carbonyl (C=O) groups is 2. The van der Waals surface area contributed by atoms with E-state index < -0.39 is 11.8 Å². The molecule has 1 N–H and O–H groups in total. The van der Waals surface area contributed by atoms with Gasteiger partial charge in [0.25, 0.3) is 0 Å². The largest absolute Gasteiger partial charge is 0.407 e. The number of benzene rings is 3. The highest BCUT2D eigenvalue weighted by Crippen LogP contribution is 2.41. The summed E-state index contributed by atoms with van der Waals surface area (Å²) in [7, 11) is 5.35. The molecule has 9 heteroatoms. The monoisotopic (exact) mass is 502 g/mol. The summed E-state index contributed by atoms with van der Waals surface area (Å²) in [4.78, 5) is 26.0. The topological polar surface area (TPSA) is 85.7 Å². The number of carbonyl (C=O) groups excluding carboxylic acids is 2. The first kappa shape index (κ1) is 25.6. The van der Waals surface area contributed by atoms with Gasteiger partial charge >= 0.3 is 5.97 Å². The Morgan fingerprint density at radius 1 is 1.00 bits per heavy atom. The lowest BCUT2D eigenvalue weighted by Crippen LogP contribution is -2.16. The molecule has 0 atom stereocenters. The molecule has 0 spiro atoms. The van der Waals surface area contributed by atoms with Crippen molar-refractivity contribution in [1.82, 2.24) is 9.78 Å². The van der Waals surface area contributed by atoms with Crippen LogP contribution in [-0.4, -0.2) is 49.5 Å². The second-order valence-corrected chi connectivity index (χ2v) is 8.51. The molecular weight excluding hydrogens is 475 g/mol. The first-order valence-electron chi connectivity index (χ1n) is 11.5. The summed E-state index contributed by atoms with van der Waals surface area (Å²) in [6.45, 7) is 1.23. The van der Waals surface area contributed by atoms with Gasteiger partial charge in [0.15, 0.2) is 0 Å². The van der Waals surface area contributed by atoms with Gasteiger partial charge < -0.3 is 19.7 Å². The fourth-order valence-electron chi connectivity index (χ4n) is 3.84. The van der Waals surface area contributed by atoms with Crippen LogP contribution in [0.2, 0.25) is 0 Å². The molecule has 8 nitrogen and oxygen atoms in total. The van der Waals surface area contributed by atoms with E-state index in [1.54, 1.807) is 36.4 Å². The summed E-state index contributed by atoms with van der Waals surface area (Å²) in [5, 5.41) is 7.52. The number of halogens is 1. The Hall–Kier alpha value is -4.50. The molecule has 0 fully saturated rings. The number of esters is 1. The first-order valence-corrected chi connectivity index (χ1v) is 11.5. The van der Waals surface area contributed by atoms with E-state index in [0.29, 0.717) is 28.2 Å². The first-order chi connectivity index (χ1) is 17.8. The maximum atomic E-state index is 14.1. The van der Waals surface area contributed by atoms with Crippen LogP contribution in [-0.2, 0) is 14.3 Å². The molecule has 0 saturated heterocycles. The van der Waals surface area contributed by atoms with Crippen LogP contribution in [0.4, 0.5) is 15.8 Å². The number of amides is 1. The Labute approximate surface area is 214 Å². The van der Waals surface area contributed by atoms with Gasteiger partial charge in [0.05, 0.1) is 11.3 Å². The summed E-state index contributed by atoms with van der Waals surface area (Å²) in [6, 6.07) is 20.7. The van der Waals surface area contributed by atoms with Crippen LogP contribution in [0, 0.1) is 5.82 Å². The summed E-state index contributed by atoms with van der Waals surface area (Å²) in [6.07, 6.45) is 0. The van der Waals surface area contributed by atoms with E-state index in [-0.39, 0.29) is 18.4 Å². The van der Waals surface area contributed by atoms with Gasteiger partial charge in [-0.05, 0) is 48.0 Å². The number of nitrogens with one attached hydrogen (secondary N) is 1. The number of nitrogens with zero attached hydrogens (tertiary/aromatic N) is 3. The third kappa shape index (κ3) is 5.84. The van der Waals surface area contributed by atoms with E-state index in [2.05, 4.69) is 5.32 Å². The van der Waals surface area contributed by atoms with Gasteiger partial charge in [-0.15, -0.1) is 0 Å². The molecular formula is C28H27FN4O4. The van der Waals surface area contributed by atoms with Crippen molar-refractivity contribution < 1.29 is 23.5 Å². The molecule has 4 aromatic rings. The van der Waals surface area contributed by atoms with E-state index in [4.69, 9.17) is 14.6 Å². The summed E-state index contributed by atoms with van der Waals surface area (Å²) >= 11 is 0. The average molecular weight is 503 g/mol. The highest BCUT2D eigenvalue weighted by Gasteiger charge is 2.25. The number of methoxy groups -OCH3 is 1. The maximum Gasteiger partial charge on any atom is 0.309 e. The van der Waals surface area contributed by atoms with Crippen LogP contribution in [0.1, 0.15) is 6.92 Å². The Kier molecular flexibility index (Phi) is 7.64. The van der Waals surface area contributed by atoms with Gasteiger partial charge in [-0.2, -0.15) is 9.78 Å². The molecule has 0 saturated carbocycles. The SMILES string of the molecule is COCC(=O)Nc1ccc(-c2c(-c3ccc(N(C)C)cc3)nn(-c3cccc(F)c3)c2OC(C)=O)cc1. The number of hydrogen-bond acceptors (Lipinski definition) is 6. The zero-order chi connectivity index (χ0) is 26.5. The van der Waals surface area contributed by atoms with Crippen molar-refractivity contribution in [1.29, 1.82) is 0 Å². The molecule has 190 valence electrons. The zero-order valence-electron chi connectivity index (χ0n) is 21.0. The highest BCUT2D eigenvalue weighted by molar-refractivity contribution is 5.93. The van der Waals surface area contributed by atoms with E-state index in [1.165, 1.54) is 30.8 Å². The molecule has 1 heterocycles. The predicted molar refractivity (Wildman–Crippen MR) is 141 cm³/mol. The molecule has 0 unspecified atom stereocenters. The number of aromatic nitrogens is 2. The summed E-state index contributed by atoms with van der Waals surface area (Å²) in [5.41, 5.74) is 4.54. The standard InChI is InChI=1S/C28H27FN4O4/c1-18(34)37-28-26(19-8-12-22(13-9-19)30-25(35)17-36-4)27(20-10-14-23(15-11-20)32(2)3)31-33(28)24-7-5-6-21(29)16-24/h5-16H,17H2,1-4H3,(H,30,35). The maximum absolute atomic E-state index is 14.1. The summed E-state index contributed by atoms with van der Waals surface area (Å²) < 4.78 is 26.1. The Bertz CT molecular complexity index is 1410. The van der Waals surface area contributed by atoms with Crippen LogP contribution in [0.3, 0.4) is 0 Å². The number of rotatable bonds is 8. The number of hydrogen-bond donors (Lipinski definition) is 1. The fraction of sp³-hybridized carbons (Fsp3) is 0.179. The zero-order valence-corrected chi connectivity index (χ0v) is 21.0. The van der Waals surface area contributed by atoms with Crippen LogP contribution >= 0.6 is 0 Å². The van der Waals surface area contributed by atoms with Crippen LogP contribution in [0.15, 0.2) is 72.8 Å². The Morgan fingerprint density at radius 2 is 1.68 bits per heavy atom. The predicted octanol–water partition coefficient (Wildman–Crippen LogP) is 4.92. The van der Waals surface area contributed by atoms with Crippen molar-refractivity contribution in [3.63, 3.8) is 0 Å². The molecule has 0 aliphatic rings. The molecule has 37 heavy (non-hydrogen) atoms. The van der Waals surface area contributed by atoms with Gasteiger partial charge in [0, 0.05) is 45.1 Å². The minimum absolute atomic E-state index is 0.0636. The third-order valence-corrected chi connectivity index (χ3v) is 5.53. The van der Waals surface area contributed by atoms with Crippen LogP contribution in [0.25, 0.3) is 28.1 Å². The summed E-state index contributed by atoms with van der Waals surface area (Å²) in [5.74, 6) is -1.12. The normalized spacial score (nSPS) is 10.7. The lowest BCUT2D eigenvalue weighted by Gasteiger charge is -2.13. The Morgan fingerprint density at radius 3 is 2.27 bits per heavy atom. The van der Waals surface area contributed by atoms with E-state index in [1.807, 2.05) is 43.3 Å². The van der Waals surface area contributed by atoms with Crippen molar-refractivity contribution in [2.75, 3.05) is 38.0 Å². The van der Waals surface area contributed by atoms with Gasteiger partial charge in [-0.3, -0.25) is 9.59 Å². The van der Waals surface area contributed by atoms with E-state index in [9.17, 15) is 14.0 Å². The van der Waals surface area contributed by atoms with Crippen molar-refractivity contribution in [2.24, 2.45) is 0 Å². The van der Waals surface area contributed by atoms with Gasteiger partial charge in [0.2, 0.25) is 11.8 Å². The van der Waals surface area contributed by atoms with Crippen molar-refractivity contribution in [3.8, 4) is 34.0 Å². The van der Waals surface area contributed by atoms with Crippen LogP contribution < -0.4 is 15.0 Å². The molecule has 0 aliphatic carbocycles. The molecule has 1 amide bonds. The van der Waals surface area contributed by atoms with Gasteiger partial charge in [-0.25, -0.2) is 4.39 Å². The lowest BCUT2D eigenvalue weighted by atomic mass is 10.0. The quantitative estimate of drug-likeness (QED) is 0.344. The second kappa shape index (κ2) is 11.0. The molecule has 0 radical (unpaired) electrons. The van der Waals surface area contributed by atoms with E-state index >= 15 is 0 Å². The van der Waals surface area contributed by atoms with Crippen molar-refractivity contribution >= 4 is 23.3 Å². The van der Waals surface area contributed by atoms with Gasteiger partial charge in [0.1, 0.15) is 18.1 Å². The smallest absolute Gasteiger partial charge is 0.309 e. The Balaban J connectivity index is 1.90. The molecule has 1 aromatic heterocycles. The minimum Gasteiger partial charge on any atom is -0.407 e. The van der Waals surface area contributed by atoms with Crippen LogP contribution in [0.5, 0.6) is 5.88 Å². The number of anilines is 2. The molecule has 0 aliphatic heterocycles. The molecule has 0 bridgehead atoms. The fourth-order valence-corrected chi connectivity index (χ4v) is 3.84. The third-order valence-electron chi connectivity index (χ3n) is 5.53. The lowest BCUT2D eigenvalue weighted by molar-refractivity contribution is -0.132.